The minimum absolute atomic E-state index is 0.0382. The number of hydrogen-bond donors (Lipinski definition) is 1. The monoisotopic (exact) mass is 357 g/mol. The number of rotatable bonds is 6. The van der Waals surface area contributed by atoms with Gasteiger partial charge in [0, 0.05) is 4.88 Å². The van der Waals surface area contributed by atoms with E-state index in [2.05, 4.69) is 5.32 Å². The van der Waals surface area contributed by atoms with Crippen LogP contribution in [-0.4, -0.2) is 18.5 Å². The van der Waals surface area contributed by atoms with Gasteiger partial charge in [-0.3, -0.25) is 9.59 Å². The summed E-state index contributed by atoms with van der Waals surface area (Å²) in [7, 11) is 0. The van der Waals surface area contributed by atoms with Crippen LogP contribution in [0.2, 0.25) is 0 Å². The maximum Gasteiger partial charge on any atom is 0.309 e. The standard InChI is InChI=1S/C20H23NO3S/c22-18(14-24-20(23)16-10-5-2-6-11-16)21-19(17-12-7-13-25-17)15-8-3-1-4-9-15/h1,3-4,7-9,12-13,16,19H,2,5-6,10-11,14H2,(H,21,22)/t19-/m1/s1. The highest BCUT2D eigenvalue weighted by Crippen LogP contribution is 2.26. The highest BCUT2D eigenvalue weighted by atomic mass is 32.1. The zero-order valence-corrected chi connectivity index (χ0v) is 15.0. The second kappa shape index (κ2) is 8.81. The molecule has 1 aromatic carbocycles. The Morgan fingerprint density at radius 2 is 1.84 bits per heavy atom. The minimum Gasteiger partial charge on any atom is -0.455 e. The molecule has 1 atom stereocenters. The third-order valence-electron chi connectivity index (χ3n) is 4.55. The molecule has 0 radical (unpaired) electrons. The Bertz CT molecular complexity index is 678. The smallest absolute Gasteiger partial charge is 0.309 e. The fourth-order valence-corrected chi connectivity index (χ4v) is 4.02. The number of carbonyl (C=O) groups excluding carboxylic acids is 2. The summed E-state index contributed by atoms with van der Waals surface area (Å²) in [6.07, 6.45) is 5.08. The van der Waals surface area contributed by atoms with Crippen LogP contribution in [0.5, 0.6) is 0 Å². The summed E-state index contributed by atoms with van der Waals surface area (Å²) >= 11 is 1.59. The summed E-state index contributed by atoms with van der Waals surface area (Å²) in [4.78, 5) is 25.5. The van der Waals surface area contributed by atoms with E-state index < -0.39 is 0 Å². The average molecular weight is 357 g/mol. The van der Waals surface area contributed by atoms with Crippen LogP contribution in [-0.2, 0) is 14.3 Å². The molecule has 1 aromatic heterocycles. The van der Waals surface area contributed by atoms with E-state index in [4.69, 9.17) is 4.74 Å². The molecule has 1 N–H and O–H groups in total. The quantitative estimate of drug-likeness (QED) is 0.793. The Hall–Kier alpha value is -2.14. The predicted octanol–water partition coefficient (Wildman–Crippen LogP) is 4.08. The molecule has 1 saturated carbocycles. The van der Waals surface area contributed by atoms with Crippen molar-refractivity contribution in [1.29, 1.82) is 0 Å². The molecule has 5 heteroatoms. The van der Waals surface area contributed by atoms with Crippen molar-refractivity contribution in [2.75, 3.05) is 6.61 Å². The molecular weight excluding hydrogens is 334 g/mol. The lowest BCUT2D eigenvalue weighted by molar-refractivity contribution is -0.153. The molecule has 1 aliphatic rings. The van der Waals surface area contributed by atoms with Crippen LogP contribution in [0.4, 0.5) is 0 Å². The second-order valence-corrected chi connectivity index (χ2v) is 7.35. The van der Waals surface area contributed by atoms with E-state index in [0.29, 0.717) is 0 Å². The zero-order chi connectivity index (χ0) is 17.5. The Morgan fingerprint density at radius 3 is 2.52 bits per heavy atom. The number of esters is 1. The fourth-order valence-electron chi connectivity index (χ4n) is 3.22. The van der Waals surface area contributed by atoms with Gasteiger partial charge >= 0.3 is 5.97 Å². The van der Waals surface area contributed by atoms with Gasteiger partial charge in [-0.1, -0.05) is 55.7 Å². The molecule has 3 rings (SSSR count). The predicted molar refractivity (Wildman–Crippen MR) is 98.3 cm³/mol. The molecule has 0 saturated heterocycles. The largest absolute Gasteiger partial charge is 0.455 e. The molecule has 0 aliphatic heterocycles. The second-order valence-electron chi connectivity index (χ2n) is 6.37. The number of thiophene rings is 1. The van der Waals surface area contributed by atoms with Crippen molar-refractivity contribution in [3.8, 4) is 0 Å². The molecule has 1 aliphatic carbocycles. The number of carbonyl (C=O) groups is 2. The van der Waals surface area contributed by atoms with Crippen molar-refractivity contribution in [2.24, 2.45) is 5.92 Å². The van der Waals surface area contributed by atoms with Crippen molar-refractivity contribution in [2.45, 2.75) is 38.1 Å². The van der Waals surface area contributed by atoms with E-state index in [-0.39, 0.29) is 30.4 Å². The van der Waals surface area contributed by atoms with Gasteiger partial charge in [0.2, 0.25) is 0 Å². The van der Waals surface area contributed by atoms with Crippen molar-refractivity contribution < 1.29 is 14.3 Å². The molecular formula is C20H23NO3S. The van der Waals surface area contributed by atoms with Gasteiger partial charge in [-0.15, -0.1) is 11.3 Å². The topological polar surface area (TPSA) is 55.4 Å². The van der Waals surface area contributed by atoms with Crippen LogP contribution in [0.15, 0.2) is 47.8 Å². The summed E-state index contributed by atoms with van der Waals surface area (Å²) in [5, 5.41) is 4.97. The van der Waals surface area contributed by atoms with Crippen LogP contribution in [0.3, 0.4) is 0 Å². The van der Waals surface area contributed by atoms with Crippen LogP contribution in [0.1, 0.15) is 48.6 Å². The molecule has 132 valence electrons. The Kier molecular flexibility index (Phi) is 6.23. The van der Waals surface area contributed by atoms with E-state index in [1.807, 2.05) is 47.8 Å². The van der Waals surface area contributed by atoms with Gasteiger partial charge in [-0.05, 0) is 29.9 Å². The van der Waals surface area contributed by atoms with Crippen LogP contribution in [0.25, 0.3) is 0 Å². The first kappa shape index (κ1) is 17.7. The van der Waals surface area contributed by atoms with Gasteiger partial charge in [0.15, 0.2) is 6.61 Å². The van der Waals surface area contributed by atoms with Gasteiger partial charge in [0.1, 0.15) is 0 Å². The maximum atomic E-state index is 12.3. The third kappa shape index (κ3) is 4.92. The summed E-state index contributed by atoms with van der Waals surface area (Å²) in [6, 6.07) is 13.6. The van der Waals surface area contributed by atoms with Crippen molar-refractivity contribution in [1.82, 2.24) is 5.32 Å². The number of amides is 1. The van der Waals surface area contributed by atoms with Crippen molar-refractivity contribution in [3.05, 3.63) is 58.3 Å². The normalized spacial score (nSPS) is 16.2. The van der Waals surface area contributed by atoms with E-state index >= 15 is 0 Å². The molecule has 25 heavy (non-hydrogen) atoms. The van der Waals surface area contributed by atoms with Crippen LogP contribution >= 0.6 is 11.3 Å². The summed E-state index contributed by atoms with van der Waals surface area (Å²) < 4.78 is 5.25. The molecule has 0 bridgehead atoms. The highest BCUT2D eigenvalue weighted by Gasteiger charge is 2.24. The minimum atomic E-state index is -0.272. The van der Waals surface area contributed by atoms with Crippen molar-refractivity contribution >= 4 is 23.2 Å². The van der Waals surface area contributed by atoms with Crippen LogP contribution < -0.4 is 5.32 Å². The van der Waals surface area contributed by atoms with Gasteiger partial charge in [0.25, 0.3) is 5.91 Å². The maximum absolute atomic E-state index is 12.3. The summed E-state index contributed by atoms with van der Waals surface area (Å²) in [5.74, 6) is -0.544. The Morgan fingerprint density at radius 1 is 1.08 bits per heavy atom. The van der Waals surface area contributed by atoms with E-state index in [0.717, 1.165) is 36.1 Å². The van der Waals surface area contributed by atoms with Gasteiger partial charge in [0.05, 0.1) is 12.0 Å². The summed E-state index contributed by atoms with van der Waals surface area (Å²) in [5.41, 5.74) is 1.01. The lowest BCUT2D eigenvalue weighted by atomic mass is 9.89. The molecule has 1 fully saturated rings. The Balaban J connectivity index is 1.58. The first-order valence-electron chi connectivity index (χ1n) is 8.78. The van der Waals surface area contributed by atoms with E-state index in [1.54, 1.807) is 11.3 Å². The molecule has 1 amide bonds. The van der Waals surface area contributed by atoms with Crippen molar-refractivity contribution in [3.63, 3.8) is 0 Å². The van der Waals surface area contributed by atoms with E-state index in [1.165, 1.54) is 6.42 Å². The zero-order valence-electron chi connectivity index (χ0n) is 14.1. The van der Waals surface area contributed by atoms with E-state index in [9.17, 15) is 9.59 Å². The van der Waals surface area contributed by atoms with Gasteiger partial charge in [-0.25, -0.2) is 0 Å². The number of nitrogens with one attached hydrogen (secondary N) is 1. The first-order chi connectivity index (χ1) is 12.2. The highest BCUT2D eigenvalue weighted by molar-refractivity contribution is 7.10. The number of hydrogen-bond acceptors (Lipinski definition) is 4. The average Bonchev–Trinajstić information content (AvgIpc) is 3.20. The summed E-state index contributed by atoms with van der Waals surface area (Å²) in [6.45, 7) is -0.218. The SMILES string of the molecule is O=C(COC(=O)C1CCCCC1)N[C@H](c1ccccc1)c1cccs1. The molecule has 0 spiro atoms. The lowest BCUT2D eigenvalue weighted by Crippen LogP contribution is -2.33. The molecule has 1 heterocycles. The van der Waals surface area contributed by atoms with Gasteiger partial charge in [-0.2, -0.15) is 0 Å². The molecule has 0 unspecified atom stereocenters. The van der Waals surface area contributed by atoms with Crippen LogP contribution in [0, 0.1) is 5.92 Å². The lowest BCUT2D eigenvalue weighted by Gasteiger charge is -2.21. The Labute approximate surface area is 152 Å². The third-order valence-corrected chi connectivity index (χ3v) is 5.49. The molecule has 4 nitrogen and oxygen atoms in total. The van der Waals surface area contributed by atoms with Gasteiger partial charge < -0.3 is 10.1 Å². The first-order valence-corrected chi connectivity index (χ1v) is 9.66. The number of benzene rings is 1. The number of ether oxygens (including phenoxy) is 1. The molecule has 2 aromatic rings. The fraction of sp³-hybridized carbons (Fsp3) is 0.400.